The molecule has 0 aliphatic carbocycles. The highest BCUT2D eigenvalue weighted by Crippen LogP contribution is 2.28. The Kier molecular flexibility index (Phi) is 3.76. The van der Waals surface area contributed by atoms with Gasteiger partial charge in [0.15, 0.2) is 0 Å². The lowest BCUT2D eigenvalue weighted by Gasteiger charge is -2.24. The number of rotatable bonds is 2. The molecule has 3 aromatic rings. The minimum Gasteiger partial charge on any atom is -0.492 e. The summed E-state index contributed by atoms with van der Waals surface area (Å²) in [6.45, 7) is 2.21. The Balaban J connectivity index is 1.55. The predicted octanol–water partition coefficient (Wildman–Crippen LogP) is 3.29. The Morgan fingerprint density at radius 3 is 2.88 bits per heavy atom. The molecule has 0 fully saturated rings. The van der Waals surface area contributed by atoms with Crippen LogP contribution in [0.15, 0.2) is 57.7 Å². The van der Waals surface area contributed by atoms with E-state index in [1.807, 2.05) is 43.3 Å². The standard InChI is InChI=1S/C20H17NO4/c1-12-8-19(22)25-18-10-15(6-7-16(12)18)21-20(23)14-9-13-4-2-3-5-17(13)24-11-14/h2-8,10,14H,9,11H2,1H3,(H,21,23). The molecule has 126 valence electrons. The topological polar surface area (TPSA) is 68.5 Å². The van der Waals surface area contributed by atoms with Gasteiger partial charge >= 0.3 is 5.63 Å². The quantitative estimate of drug-likeness (QED) is 0.730. The van der Waals surface area contributed by atoms with Gasteiger partial charge in [0.2, 0.25) is 5.91 Å². The van der Waals surface area contributed by atoms with Crippen LogP contribution in [0, 0.1) is 12.8 Å². The smallest absolute Gasteiger partial charge is 0.336 e. The van der Waals surface area contributed by atoms with Gasteiger partial charge in [-0.3, -0.25) is 4.79 Å². The molecule has 1 atom stereocenters. The minimum absolute atomic E-state index is 0.108. The van der Waals surface area contributed by atoms with Crippen molar-refractivity contribution >= 4 is 22.6 Å². The first-order chi connectivity index (χ1) is 12.1. The second kappa shape index (κ2) is 6.09. The Morgan fingerprint density at radius 2 is 2.00 bits per heavy atom. The first kappa shape index (κ1) is 15.4. The van der Waals surface area contributed by atoms with Crippen LogP contribution in [0.25, 0.3) is 11.0 Å². The number of hydrogen-bond donors (Lipinski definition) is 1. The molecule has 1 unspecified atom stereocenters. The summed E-state index contributed by atoms with van der Waals surface area (Å²) in [7, 11) is 0. The maximum absolute atomic E-state index is 12.6. The van der Waals surface area contributed by atoms with E-state index in [9.17, 15) is 9.59 Å². The summed E-state index contributed by atoms with van der Waals surface area (Å²) in [5.41, 5.74) is 2.55. The van der Waals surface area contributed by atoms with Crippen molar-refractivity contribution in [2.24, 2.45) is 5.92 Å². The zero-order valence-electron chi connectivity index (χ0n) is 13.7. The molecule has 1 N–H and O–H groups in total. The number of ether oxygens (including phenoxy) is 1. The van der Waals surface area contributed by atoms with Crippen molar-refractivity contribution in [2.75, 3.05) is 11.9 Å². The van der Waals surface area contributed by atoms with Gasteiger partial charge in [0.05, 0.1) is 5.92 Å². The zero-order chi connectivity index (χ0) is 17.4. The summed E-state index contributed by atoms with van der Waals surface area (Å²) in [6.07, 6.45) is 0.643. The van der Waals surface area contributed by atoms with Gasteiger partial charge in [-0.2, -0.15) is 0 Å². The van der Waals surface area contributed by atoms with Crippen LogP contribution in [0.1, 0.15) is 11.1 Å². The van der Waals surface area contributed by atoms with Gasteiger partial charge in [0.1, 0.15) is 17.9 Å². The molecule has 0 radical (unpaired) electrons. The van der Waals surface area contributed by atoms with E-state index >= 15 is 0 Å². The average molecular weight is 335 g/mol. The van der Waals surface area contributed by atoms with Crippen LogP contribution in [0.2, 0.25) is 0 Å². The van der Waals surface area contributed by atoms with Gasteiger partial charge in [-0.25, -0.2) is 4.79 Å². The van der Waals surface area contributed by atoms with E-state index < -0.39 is 5.63 Å². The van der Waals surface area contributed by atoms with E-state index in [0.717, 1.165) is 22.3 Å². The van der Waals surface area contributed by atoms with Crippen molar-refractivity contribution in [3.63, 3.8) is 0 Å². The molecule has 5 heteroatoms. The Labute approximate surface area is 144 Å². The third-order valence-corrected chi connectivity index (χ3v) is 4.47. The van der Waals surface area contributed by atoms with E-state index in [4.69, 9.17) is 9.15 Å². The molecule has 0 bridgehead atoms. The van der Waals surface area contributed by atoms with Gasteiger partial charge in [0.25, 0.3) is 0 Å². The highest BCUT2D eigenvalue weighted by atomic mass is 16.5. The van der Waals surface area contributed by atoms with Gasteiger partial charge in [-0.1, -0.05) is 18.2 Å². The number of para-hydroxylation sites is 1. The maximum Gasteiger partial charge on any atom is 0.336 e. The van der Waals surface area contributed by atoms with Crippen LogP contribution < -0.4 is 15.7 Å². The first-order valence-electron chi connectivity index (χ1n) is 8.16. The van der Waals surface area contributed by atoms with Crippen molar-refractivity contribution < 1.29 is 13.9 Å². The van der Waals surface area contributed by atoms with Crippen LogP contribution >= 0.6 is 0 Å². The fraction of sp³-hybridized carbons (Fsp3) is 0.200. The molecule has 0 spiro atoms. The summed E-state index contributed by atoms with van der Waals surface area (Å²) in [5, 5.41) is 3.75. The third kappa shape index (κ3) is 3.01. The van der Waals surface area contributed by atoms with E-state index in [1.165, 1.54) is 6.07 Å². The van der Waals surface area contributed by atoms with E-state index in [1.54, 1.807) is 6.07 Å². The normalized spacial score (nSPS) is 16.1. The zero-order valence-corrected chi connectivity index (χ0v) is 13.7. The number of nitrogens with one attached hydrogen (secondary N) is 1. The fourth-order valence-corrected chi connectivity index (χ4v) is 3.14. The van der Waals surface area contributed by atoms with Gasteiger partial charge in [0, 0.05) is 23.2 Å². The number of anilines is 1. The number of carbonyl (C=O) groups is 1. The van der Waals surface area contributed by atoms with E-state index in [2.05, 4.69) is 5.32 Å². The van der Waals surface area contributed by atoms with Crippen LogP contribution in [-0.2, 0) is 11.2 Å². The number of hydrogen-bond acceptors (Lipinski definition) is 4. The van der Waals surface area contributed by atoms with Crippen molar-refractivity contribution in [1.82, 2.24) is 0 Å². The molecule has 4 rings (SSSR count). The molecule has 1 aliphatic rings. The molecule has 1 amide bonds. The minimum atomic E-state index is -0.397. The number of fused-ring (bicyclic) bond motifs is 2. The first-order valence-corrected chi connectivity index (χ1v) is 8.16. The summed E-state index contributed by atoms with van der Waals surface area (Å²) in [4.78, 5) is 24.1. The Morgan fingerprint density at radius 1 is 1.16 bits per heavy atom. The number of amides is 1. The van der Waals surface area contributed by atoms with Crippen molar-refractivity contribution in [1.29, 1.82) is 0 Å². The van der Waals surface area contributed by atoms with Crippen LogP contribution in [0.5, 0.6) is 5.75 Å². The third-order valence-electron chi connectivity index (χ3n) is 4.47. The van der Waals surface area contributed by atoms with Crippen LogP contribution in [-0.4, -0.2) is 12.5 Å². The lowest BCUT2D eigenvalue weighted by atomic mass is 9.96. The number of aryl methyl sites for hydroxylation is 1. The molecule has 2 heterocycles. The van der Waals surface area contributed by atoms with Crippen molar-refractivity contribution in [2.45, 2.75) is 13.3 Å². The summed E-state index contributed by atoms with van der Waals surface area (Å²) >= 11 is 0. The highest BCUT2D eigenvalue weighted by molar-refractivity contribution is 5.95. The second-order valence-corrected chi connectivity index (χ2v) is 6.27. The van der Waals surface area contributed by atoms with Crippen molar-refractivity contribution in [3.05, 3.63) is 70.1 Å². The van der Waals surface area contributed by atoms with Gasteiger partial charge < -0.3 is 14.5 Å². The van der Waals surface area contributed by atoms with E-state index in [0.29, 0.717) is 24.3 Å². The van der Waals surface area contributed by atoms with Gasteiger partial charge in [-0.05, 0) is 42.7 Å². The second-order valence-electron chi connectivity index (χ2n) is 6.27. The molecular weight excluding hydrogens is 318 g/mol. The molecule has 0 saturated heterocycles. The molecule has 1 aromatic heterocycles. The SMILES string of the molecule is Cc1cc(=O)oc2cc(NC(=O)C3COc4ccccc4C3)ccc12. The monoisotopic (exact) mass is 335 g/mol. The van der Waals surface area contributed by atoms with Crippen LogP contribution in [0.3, 0.4) is 0 Å². The average Bonchev–Trinajstić information content (AvgIpc) is 2.60. The molecular formula is C20H17NO4. The van der Waals surface area contributed by atoms with E-state index in [-0.39, 0.29) is 11.8 Å². The van der Waals surface area contributed by atoms with Crippen LogP contribution in [0.4, 0.5) is 5.69 Å². The molecule has 2 aromatic carbocycles. The Bertz CT molecular complexity index is 1020. The lowest BCUT2D eigenvalue weighted by molar-refractivity contribution is -0.121. The predicted molar refractivity (Wildman–Crippen MR) is 95.0 cm³/mol. The number of carbonyl (C=O) groups excluding carboxylic acids is 1. The molecule has 25 heavy (non-hydrogen) atoms. The van der Waals surface area contributed by atoms with Crippen molar-refractivity contribution in [3.8, 4) is 5.75 Å². The highest BCUT2D eigenvalue weighted by Gasteiger charge is 2.25. The Hall–Kier alpha value is -3.08. The largest absolute Gasteiger partial charge is 0.492 e. The number of benzene rings is 2. The fourth-order valence-electron chi connectivity index (χ4n) is 3.14. The summed E-state index contributed by atoms with van der Waals surface area (Å²) in [6, 6.07) is 14.5. The molecule has 1 aliphatic heterocycles. The van der Waals surface area contributed by atoms with Gasteiger partial charge in [-0.15, -0.1) is 0 Å². The summed E-state index contributed by atoms with van der Waals surface area (Å²) < 4.78 is 10.9. The maximum atomic E-state index is 12.6. The molecule has 0 saturated carbocycles. The summed E-state index contributed by atoms with van der Waals surface area (Å²) in [5.74, 6) is 0.480. The molecule has 5 nitrogen and oxygen atoms in total. The lowest BCUT2D eigenvalue weighted by Crippen LogP contribution is -2.32.